The molecule has 8 atom stereocenters. The maximum Gasteiger partial charge on any atom is 0.266 e. The lowest BCUT2D eigenvalue weighted by molar-refractivity contribution is -0.160. The fourth-order valence-corrected chi connectivity index (χ4v) is 7.78. The quantitative estimate of drug-likeness (QED) is 0.770. The molecule has 0 amide bonds. The molecule has 0 aromatic rings. The van der Waals surface area contributed by atoms with E-state index in [4.69, 9.17) is 0 Å². The molecule has 4 heteroatoms. The first-order valence-electron chi connectivity index (χ1n) is 10.3. The second-order valence-electron chi connectivity index (χ2n) is 9.87. The highest BCUT2D eigenvalue weighted by Crippen LogP contribution is 2.64. The van der Waals surface area contributed by atoms with E-state index in [-0.39, 0.29) is 30.1 Å². The molecule has 0 aromatic heterocycles. The van der Waals surface area contributed by atoms with E-state index in [9.17, 15) is 18.7 Å². The number of Topliss-reactive ketones (excluding diaryl/α,β-unsaturated/α-hetero) is 1. The Hall–Kier alpha value is -0.510. The molecule has 1 N–H and O–H groups in total. The topological polar surface area (TPSA) is 37.3 Å². The summed E-state index contributed by atoms with van der Waals surface area (Å²) in [6, 6.07) is 0. The number of alkyl halides is 2. The zero-order valence-electron chi connectivity index (χ0n) is 15.5. The first-order chi connectivity index (χ1) is 11.8. The maximum absolute atomic E-state index is 13.3. The Balaban J connectivity index is 1.53. The van der Waals surface area contributed by atoms with Crippen molar-refractivity contribution in [3.63, 3.8) is 0 Å². The molecular formula is C21H32F2O2. The van der Waals surface area contributed by atoms with E-state index in [0.29, 0.717) is 29.5 Å². The van der Waals surface area contributed by atoms with Crippen molar-refractivity contribution < 1.29 is 18.7 Å². The summed E-state index contributed by atoms with van der Waals surface area (Å²) in [4.78, 5) is 12.1. The van der Waals surface area contributed by atoms with Crippen LogP contribution < -0.4 is 0 Å². The molecule has 2 nitrogen and oxygen atoms in total. The van der Waals surface area contributed by atoms with Crippen LogP contribution in [0.5, 0.6) is 0 Å². The summed E-state index contributed by atoms with van der Waals surface area (Å²) in [6.45, 7) is 4.10. The average molecular weight is 354 g/mol. The van der Waals surface area contributed by atoms with Crippen molar-refractivity contribution in [2.45, 2.75) is 83.7 Å². The summed E-state index contributed by atoms with van der Waals surface area (Å²) < 4.78 is 26.5. The molecule has 0 saturated heterocycles. The van der Waals surface area contributed by atoms with Gasteiger partial charge in [-0.05, 0) is 99.7 Å². The largest absolute Gasteiger partial charge is 0.384 e. The van der Waals surface area contributed by atoms with Crippen LogP contribution in [-0.4, -0.2) is 22.9 Å². The molecule has 4 unspecified atom stereocenters. The Labute approximate surface area is 149 Å². The highest BCUT2D eigenvalue weighted by atomic mass is 19.3. The third-order valence-electron chi connectivity index (χ3n) is 8.94. The summed E-state index contributed by atoms with van der Waals surface area (Å²) in [7, 11) is 0. The molecule has 4 aliphatic carbocycles. The van der Waals surface area contributed by atoms with E-state index in [0.717, 1.165) is 38.5 Å². The van der Waals surface area contributed by atoms with Crippen LogP contribution in [0.25, 0.3) is 0 Å². The first kappa shape index (κ1) is 17.9. The van der Waals surface area contributed by atoms with Crippen LogP contribution in [0.15, 0.2) is 0 Å². The van der Waals surface area contributed by atoms with Gasteiger partial charge in [-0.25, -0.2) is 8.78 Å². The van der Waals surface area contributed by atoms with Crippen LogP contribution >= 0.6 is 0 Å². The fourth-order valence-electron chi connectivity index (χ4n) is 7.78. The monoisotopic (exact) mass is 354 g/mol. The van der Waals surface area contributed by atoms with Gasteiger partial charge in [0.15, 0.2) is 0 Å². The Kier molecular flexibility index (Phi) is 4.29. The molecule has 4 saturated carbocycles. The number of ketones is 1. The molecule has 0 aliphatic heterocycles. The standard InChI is InChI=1S/C21H32F2O2/c1-12(24)17-5-6-18-16-4-3-13-11-21(25,19(22)23)10-8-14(13)15(16)7-9-20(17,18)2/h13-19,25H,3-11H2,1-2H3/t13?,14-,15?,16?,17+,18?,20+,21+/m0/s1. The lowest BCUT2D eigenvalue weighted by Gasteiger charge is -2.57. The number of fused-ring (bicyclic) bond motifs is 5. The molecule has 0 bridgehead atoms. The van der Waals surface area contributed by atoms with Crippen molar-refractivity contribution in [3.8, 4) is 0 Å². The third-order valence-corrected chi connectivity index (χ3v) is 8.94. The molecule has 25 heavy (non-hydrogen) atoms. The SMILES string of the molecule is CC(=O)[C@H]1CCC2C3CCC4C[C@@](O)(C(F)F)CC[C@@H]4C3CC[C@@]21C. The predicted octanol–water partition coefficient (Wildman–Crippen LogP) is 4.84. The van der Waals surface area contributed by atoms with Crippen molar-refractivity contribution in [2.24, 2.45) is 40.9 Å². The van der Waals surface area contributed by atoms with E-state index in [2.05, 4.69) is 6.92 Å². The average Bonchev–Trinajstić information content (AvgIpc) is 2.91. The summed E-state index contributed by atoms with van der Waals surface area (Å²) >= 11 is 0. The van der Waals surface area contributed by atoms with Crippen LogP contribution in [0, 0.1) is 40.9 Å². The van der Waals surface area contributed by atoms with Gasteiger partial charge in [-0.1, -0.05) is 6.92 Å². The number of hydrogen-bond donors (Lipinski definition) is 1. The van der Waals surface area contributed by atoms with E-state index in [1.807, 2.05) is 0 Å². The second kappa shape index (κ2) is 6.00. The zero-order valence-corrected chi connectivity index (χ0v) is 15.5. The fraction of sp³-hybridized carbons (Fsp3) is 0.952. The Bertz CT molecular complexity index is 550. The molecule has 4 rings (SSSR count). The molecule has 0 aromatic carbocycles. The Morgan fingerprint density at radius 3 is 2.40 bits per heavy atom. The number of rotatable bonds is 2. The minimum Gasteiger partial charge on any atom is -0.384 e. The third kappa shape index (κ3) is 2.61. The lowest BCUT2D eigenvalue weighted by atomic mass is 9.49. The van der Waals surface area contributed by atoms with Crippen molar-refractivity contribution >= 4 is 5.78 Å². The first-order valence-corrected chi connectivity index (χ1v) is 10.3. The van der Waals surface area contributed by atoms with Gasteiger partial charge in [0.2, 0.25) is 0 Å². The molecule has 4 aliphatic rings. The van der Waals surface area contributed by atoms with E-state index in [1.54, 1.807) is 6.92 Å². The predicted molar refractivity (Wildman–Crippen MR) is 92.2 cm³/mol. The summed E-state index contributed by atoms with van der Waals surface area (Å²) in [6.07, 6.45) is 5.25. The number of hydrogen-bond acceptors (Lipinski definition) is 2. The van der Waals surface area contributed by atoms with Crippen molar-refractivity contribution in [1.29, 1.82) is 0 Å². The van der Waals surface area contributed by atoms with Crippen LogP contribution in [0.2, 0.25) is 0 Å². The normalized spacial score (nSPS) is 52.4. The molecule has 142 valence electrons. The summed E-state index contributed by atoms with van der Waals surface area (Å²) in [5, 5.41) is 10.3. The van der Waals surface area contributed by atoms with Gasteiger partial charge in [-0.3, -0.25) is 4.79 Å². The minimum absolute atomic E-state index is 0.165. The molecular weight excluding hydrogens is 322 g/mol. The number of carbonyl (C=O) groups excluding carboxylic acids is 1. The number of carbonyl (C=O) groups is 1. The van der Waals surface area contributed by atoms with Crippen molar-refractivity contribution in [3.05, 3.63) is 0 Å². The maximum atomic E-state index is 13.3. The molecule has 0 radical (unpaired) electrons. The van der Waals surface area contributed by atoms with Crippen molar-refractivity contribution in [2.75, 3.05) is 0 Å². The van der Waals surface area contributed by atoms with Crippen molar-refractivity contribution in [1.82, 2.24) is 0 Å². The zero-order chi connectivity index (χ0) is 18.0. The molecule has 4 fully saturated rings. The van der Waals surface area contributed by atoms with Gasteiger partial charge in [0.05, 0.1) is 0 Å². The second-order valence-corrected chi connectivity index (χ2v) is 9.87. The van der Waals surface area contributed by atoms with Gasteiger partial charge in [0.1, 0.15) is 11.4 Å². The van der Waals surface area contributed by atoms with Crippen LogP contribution in [-0.2, 0) is 4.79 Å². The number of halogens is 2. The molecule has 0 spiro atoms. The van der Waals surface area contributed by atoms with E-state index >= 15 is 0 Å². The Morgan fingerprint density at radius 1 is 1.00 bits per heavy atom. The number of aliphatic hydroxyl groups is 1. The van der Waals surface area contributed by atoms with Gasteiger partial charge in [-0.2, -0.15) is 0 Å². The lowest BCUT2D eigenvalue weighted by Crippen LogP contribution is -2.52. The van der Waals surface area contributed by atoms with Crippen LogP contribution in [0.4, 0.5) is 8.78 Å². The Morgan fingerprint density at radius 2 is 1.72 bits per heavy atom. The highest BCUT2D eigenvalue weighted by Gasteiger charge is 2.59. The highest BCUT2D eigenvalue weighted by molar-refractivity contribution is 5.79. The summed E-state index contributed by atoms with van der Waals surface area (Å²) in [5.74, 6) is 3.30. The van der Waals surface area contributed by atoms with Crippen LogP contribution in [0.1, 0.15) is 71.6 Å². The smallest absolute Gasteiger partial charge is 0.266 e. The van der Waals surface area contributed by atoms with Gasteiger partial charge in [0.25, 0.3) is 6.43 Å². The summed E-state index contributed by atoms with van der Waals surface area (Å²) in [5.41, 5.74) is -1.58. The van der Waals surface area contributed by atoms with E-state index < -0.39 is 12.0 Å². The van der Waals surface area contributed by atoms with E-state index in [1.165, 1.54) is 6.42 Å². The van der Waals surface area contributed by atoms with Gasteiger partial charge >= 0.3 is 0 Å². The minimum atomic E-state index is -2.62. The van der Waals surface area contributed by atoms with Gasteiger partial charge in [0, 0.05) is 5.92 Å². The van der Waals surface area contributed by atoms with Gasteiger partial charge in [-0.15, -0.1) is 0 Å². The van der Waals surface area contributed by atoms with Crippen LogP contribution in [0.3, 0.4) is 0 Å². The molecule has 0 heterocycles. The van der Waals surface area contributed by atoms with Gasteiger partial charge < -0.3 is 5.11 Å².